The van der Waals surface area contributed by atoms with Gasteiger partial charge in [0, 0.05) is 16.7 Å². The molecule has 14 heteroatoms. The number of nitrogens with zero attached hydrogens (tertiary/aromatic N) is 2. The van der Waals surface area contributed by atoms with Crippen molar-refractivity contribution in [1.29, 1.82) is 0 Å². The second kappa shape index (κ2) is 5.55. The molecule has 1 aromatic heterocycles. The van der Waals surface area contributed by atoms with Crippen molar-refractivity contribution in [2.75, 3.05) is 0 Å². The first-order chi connectivity index (χ1) is 9.33. The minimum absolute atomic E-state index is 0.0696. The molecular formula is C7H2ClF5N2O5S. The second-order valence-electron chi connectivity index (χ2n) is 3.24. The zero-order valence-corrected chi connectivity index (χ0v) is 10.8. The highest BCUT2D eigenvalue weighted by Gasteiger charge is 2.39. The molecule has 0 aliphatic rings. The van der Waals surface area contributed by atoms with Gasteiger partial charge in [0.05, 0.1) is 4.92 Å². The summed E-state index contributed by atoms with van der Waals surface area (Å²) in [6, 6.07) is -0.0696. The number of pyridine rings is 1. The Labute approximate surface area is 116 Å². The number of nitro groups is 1. The summed E-state index contributed by atoms with van der Waals surface area (Å²) in [5.74, 6) is -1.77. The topological polar surface area (TPSA) is 99.4 Å². The third kappa shape index (κ3) is 4.35. The van der Waals surface area contributed by atoms with E-state index in [9.17, 15) is 40.5 Å². The fourth-order valence-electron chi connectivity index (χ4n) is 1.17. The third-order valence-corrected chi connectivity index (χ3v) is 3.01. The van der Waals surface area contributed by atoms with Gasteiger partial charge in [0.1, 0.15) is 0 Å². The van der Waals surface area contributed by atoms with Crippen molar-refractivity contribution < 1.29 is 40.0 Å². The number of hydrogen-bond acceptors (Lipinski definition) is 6. The summed E-state index contributed by atoms with van der Waals surface area (Å²) in [5, 5.41) is 9.16. The van der Waals surface area contributed by atoms with Gasteiger partial charge in [0.2, 0.25) is 5.75 Å². The molecule has 7 nitrogen and oxygen atoms in total. The minimum Gasteiger partial charge on any atom is -0.398 e. The molecule has 118 valence electrons. The summed E-state index contributed by atoms with van der Waals surface area (Å²) in [6.07, 6.45) is -9.22. The Hall–Kier alpha value is -1.76. The van der Waals surface area contributed by atoms with Crippen LogP contribution in [0.3, 0.4) is 0 Å². The van der Waals surface area contributed by atoms with Gasteiger partial charge in [-0.25, -0.2) is 22.2 Å². The maximum absolute atomic E-state index is 12.6. The van der Waals surface area contributed by atoms with Gasteiger partial charge in [-0.1, -0.05) is 0 Å². The molecule has 21 heavy (non-hydrogen) atoms. The molecule has 1 rings (SSSR count). The van der Waals surface area contributed by atoms with Crippen LogP contribution < -0.4 is 4.74 Å². The van der Waals surface area contributed by atoms with Crippen LogP contribution in [-0.4, -0.2) is 24.7 Å². The third-order valence-electron chi connectivity index (χ3n) is 1.83. The standard InChI is InChI=1S/C7H2ClF5N2O5S/c8-21(18,19)3-1-2(20-7(11,12)13)5(15(16)17)4(14-3)6(9)10/h1,6H. The van der Waals surface area contributed by atoms with Crippen LogP contribution in [-0.2, 0) is 9.05 Å². The maximum Gasteiger partial charge on any atom is 0.573 e. The van der Waals surface area contributed by atoms with Crippen molar-refractivity contribution in [1.82, 2.24) is 4.98 Å². The first-order valence-electron chi connectivity index (χ1n) is 4.51. The fraction of sp³-hybridized carbons (Fsp3) is 0.286. The van der Waals surface area contributed by atoms with E-state index >= 15 is 0 Å². The van der Waals surface area contributed by atoms with E-state index in [4.69, 9.17) is 10.7 Å². The van der Waals surface area contributed by atoms with Crippen molar-refractivity contribution in [3.05, 3.63) is 21.9 Å². The molecule has 0 N–H and O–H groups in total. The van der Waals surface area contributed by atoms with Crippen LogP contribution in [0.1, 0.15) is 12.1 Å². The monoisotopic (exact) mass is 356 g/mol. The maximum atomic E-state index is 12.6. The summed E-state index contributed by atoms with van der Waals surface area (Å²) in [6.45, 7) is 0. The van der Waals surface area contributed by atoms with Gasteiger partial charge in [-0.2, -0.15) is 0 Å². The van der Waals surface area contributed by atoms with E-state index in [1.165, 1.54) is 0 Å². The van der Waals surface area contributed by atoms with E-state index in [2.05, 4.69) is 9.72 Å². The van der Waals surface area contributed by atoms with Crippen LogP contribution in [0.5, 0.6) is 5.75 Å². The predicted molar refractivity (Wildman–Crippen MR) is 55.6 cm³/mol. The first kappa shape index (κ1) is 17.3. The highest BCUT2D eigenvalue weighted by molar-refractivity contribution is 8.13. The predicted octanol–water partition coefficient (Wildman–Crippen LogP) is 2.75. The van der Waals surface area contributed by atoms with E-state index < -0.39 is 48.9 Å². The molecule has 0 saturated carbocycles. The molecule has 1 heterocycles. The summed E-state index contributed by atoms with van der Waals surface area (Å²) >= 11 is 0. The van der Waals surface area contributed by atoms with Crippen molar-refractivity contribution in [2.24, 2.45) is 0 Å². The van der Waals surface area contributed by atoms with Gasteiger partial charge >= 0.3 is 12.0 Å². The lowest BCUT2D eigenvalue weighted by molar-refractivity contribution is -0.390. The molecule has 0 radical (unpaired) electrons. The highest BCUT2D eigenvalue weighted by atomic mass is 35.7. The van der Waals surface area contributed by atoms with Crippen LogP contribution in [0.25, 0.3) is 0 Å². The van der Waals surface area contributed by atoms with Crippen molar-refractivity contribution in [2.45, 2.75) is 17.8 Å². The lowest BCUT2D eigenvalue weighted by atomic mass is 10.3. The van der Waals surface area contributed by atoms with Gasteiger partial charge in [-0.15, -0.1) is 13.2 Å². The lowest BCUT2D eigenvalue weighted by Gasteiger charge is -2.11. The van der Waals surface area contributed by atoms with Gasteiger partial charge < -0.3 is 4.74 Å². The molecule has 0 amide bonds. The number of halogens is 6. The van der Waals surface area contributed by atoms with Crippen molar-refractivity contribution in [3.8, 4) is 5.75 Å². The molecule has 1 aromatic rings. The fourth-order valence-corrected chi connectivity index (χ4v) is 1.87. The van der Waals surface area contributed by atoms with Gasteiger partial charge in [-0.3, -0.25) is 10.1 Å². The number of hydrogen-bond donors (Lipinski definition) is 0. The van der Waals surface area contributed by atoms with Crippen LogP contribution in [0, 0.1) is 10.1 Å². The van der Waals surface area contributed by atoms with E-state index in [0.717, 1.165) is 0 Å². The number of aromatic nitrogens is 1. The van der Waals surface area contributed by atoms with Crippen LogP contribution in [0.15, 0.2) is 11.1 Å². The van der Waals surface area contributed by atoms with Gasteiger partial charge in [0.25, 0.3) is 15.5 Å². The second-order valence-corrected chi connectivity index (χ2v) is 5.75. The molecule has 0 atom stereocenters. The Balaban J connectivity index is 3.72. The Morgan fingerprint density at radius 1 is 1.38 bits per heavy atom. The molecule has 0 aromatic carbocycles. The number of alkyl halides is 5. The van der Waals surface area contributed by atoms with Crippen molar-refractivity contribution >= 4 is 25.4 Å². The smallest absolute Gasteiger partial charge is 0.398 e. The average molecular weight is 357 g/mol. The van der Waals surface area contributed by atoms with E-state index in [0.29, 0.717) is 0 Å². The Kier molecular flexibility index (Phi) is 4.57. The summed E-state index contributed by atoms with van der Waals surface area (Å²) < 4.78 is 86.7. The van der Waals surface area contributed by atoms with Gasteiger partial charge in [-0.05, 0) is 0 Å². The summed E-state index contributed by atoms with van der Waals surface area (Å²) in [5.41, 5.74) is -3.63. The highest BCUT2D eigenvalue weighted by Crippen LogP contribution is 2.39. The largest absolute Gasteiger partial charge is 0.573 e. The molecule has 0 bridgehead atoms. The van der Waals surface area contributed by atoms with Crippen LogP contribution >= 0.6 is 10.7 Å². The van der Waals surface area contributed by atoms with Crippen LogP contribution in [0.2, 0.25) is 0 Å². The lowest BCUT2D eigenvalue weighted by Crippen LogP contribution is -2.19. The number of rotatable bonds is 4. The molecule has 0 unspecified atom stereocenters. The van der Waals surface area contributed by atoms with Gasteiger partial charge in [0.15, 0.2) is 10.7 Å². The number of ether oxygens (including phenoxy) is 1. The zero-order chi connectivity index (χ0) is 16.6. The van der Waals surface area contributed by atoms with Crippen molar-refractivity contribution in [3.63, 3.8) is 0 Å². The first-order valence-corrected chi connectivity index (χ1v) is 6.81. The SMILES string of the molecule is O=[N+]([O-])c1c(OC(F)(F)F)cc(S(=O)(=O)Cl)nc1C(F)F. The van der Waals surface area contributed by atoms with E-state index in [1.54, 1.807) is 0 Å². The summed E-state index contributed by atoms with van der Waals surface area (Å²) in [7, 11) is -0.0530. The average Bonchev–Trinajstić information content (AvgIpc) is 2.23. The summed E-state index contributed by atoms with van der Waals surface area (Å²) in [4.78, 5) is 11.7. The van der Waals surface area contributed by atoms with Crippen LogP contribution in [0.4, 0.5) is 27.6 Å². The van der Waals surface area contributed by atoms with E-state index in [-0.39, 0.29) is 6.07 Å². The molecule has 0 saturated heterocycles. The Morgan fingerprint density at radius 2 is 1.90 bits per heavy atom. The normalized spacial score (nSPS) is 12.5. The molecule has 0 aliphatic carbocycles. The minimum atomic E-state index is -5.49. The Bertz CT molecular complexity index is 677. The quantitative estimate of drug-likeness (QED) is 0.356. The molecule has 0 aliphatic heterocycles. The zero-order valence-electron chi connectivity index (χ0n) is 9.27. The molecule has 0 spiro atoms. The molecular weight excluding hydrogens is 355 g/mol. The Morgan fingerprint density at radius 3 is 2.24 bits per heavy atom. The molecule has 0 fully saturated rings. The van der Waals surface area contributed by atoms with E-state index in [1.807, 2.05) is 0 Å².